The highest BCUT2D eigenvalue weighted by Crippen LogP contribution is 2.30. The van der Waals surface area contributed by atoms with Gasteiger partial charge in [0.1, 0.15) is 9.88 Å². The first-order chi connectivity index (χ1) is 11.1. The van der Waals surface area contributed by atoms with Gasteiger partial charge < -0.3 is 10.0 Å². The molecular weight excluding hydrogens is 308 g/mol. The van der Waals surface area contributed by atoms with Gasteiger partial charge in [-0.25, -0.2) is 4.98 Å². The Hall–Kier alpha value is -1.72. The van der Waals surface area contributed by atoms with Gasteiger partial charge >= 0.3 is 0 Å². The molecule has 4 nitrogen and oxygen atoms in total. The number of aryl methyl sites for hydroxylation is 1. The Labute approximate surface area is 140 Å². The zero-order chi connectivity index (χ0) is 16.4. The lowest BCUT2D eigenvalue weighted by Crippen LogP contribution is -2.34. The second-order valence-electron chi connectivity index (χ2n) is 6.24. The van der Waals surface area contributed by atoms with Gasteiger partial charge in [-0.3, -0.25) is 4.79 Å². The van der Waals surface area contributed by atoms with Crippen molar-refractivity contribution in [3.05, 3.63) is 40.9 Å². The molecule has 0 spiro atoms. The summed E-state index contributed by atoms with van der Waals surface area (Å²) in [6.07, 6.45) is 2.62. The van der Waals surface area contributed by atoms with Crippen molar-refractivity contribution in [1.82, 2.24) is 9.88 Å². The van der Waals surface area contributed by atoms with E-state index < -0.39 is 0 Å². The smallest absolute Gasteiger partial charge is 0.265 e. The second kappa shape index (κ2) is 6.81. The Bertz CT molecular complexity index is 684. The number of hydrogen-bond donors (Lipinski definition) is 1. The summed E-state index contributed by atoms with van der Waals surface area (Å²) in [7, 11) is 1.81. The van der Waals surface area contributed by atoms with Crippen LogP contribution in [0.4, 0.5) is 0 Å². The van der Waals surface area contributed by atoms with Crippen LogP contribution in [-0.2, 0) is 0 Å². The number of aliphatic hydroxyl groups excluding tert-OH is 1. The Morgan fingerprint density at radius 3 is 2.74 bits per heavy atom. The molecule has 0 bridgehead atoms. The molecule has 1 fully saturated rings. The lowest BCUT2D eigenvalue weighted by Gasteiger charge is -2.22. The second-order valence-corrected chi connectivity index (χ2v) is 7.24. The van der Waals surface area contributed by atoms with Crippen LogP contribution in [0, 0.1) is 12.8 Å². The largest absolute Gasteiger partial charge is 0.393 e. The summed E-state index contributed by atoms with van der Waals surface area (Å²) in [4.78, 5) is 19.7. The van der Waals surface area contributed by atoms with Crippen LogP contribution in [0.1, 0.15) is 34.6 Å². The molecule has 1 N–H and O–H groups in total. The van der Waals surface area contributed by atoms with E-state index in [-0.39, 0.29) is 17.9 Å². The number of amides is 1. The summed E-state index contributed by atoms with van der Waals surface area (Å²) < 4.78 is 0. The van der Waals surface area contributed by atoms with E-state index in [1.807, 2.05) is 44.3 Å². The summed E-state index contributed by atoms with van der Waals surface area (Å²) in [6, 6.07) is 9.93. The number of carbonyl (C=O) groups is 1. The lowest BCUT2D eigenvalue weighted by molar-refractivity contribution is 0.0697. The molecule has 2 aromatic rings. The van der Waals surface area contributed by atoms with E-state index in [0.717, 1.165) is 35.5 Å². The average Bonchev–Trinajstić information content (AvgIpc) is 3.14. The molecule has 5 heteroatoms. The number of hydrogen-bond acceptors (Lipinski definition) is 4. The zero-order valence-corrected chi connectivity index (χ0v) is 14.3. The van der Waals surface area contributed by atoms with Crippen LogP contribution in [0.3, 0.4) is 0 Å². The Morgan fingerprint density at radius 2 is 2.09 bits per heavy atom. The molecule has 1 heterocycles. The third-order valence-corrected chi connectivity index (χ3v) is 5.68. The molecule has 0 aliphatic heterocycles. The maximum absolute atomic E-state index is 12.7. The van der Waals surface area contributed by atoms with Gasteiger partial charge in [0.2, 0.25) is 0 Å². The zero-order valence-electron chi connectivity index (χ0n) is 13.5. The number of aromatic nitrogens is 1. The number of thiazole rings is 1. The monoisotopic (exact) mass is 330 g/mol. The van der Waals surface area contributed by atoms with Crippen molar-refractivity contribution in [2.75, 3.05) is 13.6 Å². The molecule has 23 heavy (non-hydrogen) atoms. The van der Waals surface area contributed by atoms with Crippen LogP contribution in [0.5, 0.6) is 0 Å². The molecule has 122 valence electrons. The van der Waals surface area contributed by atoms with Crippen LogP contribution < -0.4 is 0 Å². The van der Waals surface area contributed by atoms with E-state index in [9.17, 15) is 9.90 Å². The first-order valence-electron chi connectivity index (χ1n) is 8.02. The van der Waals surface area contributed by atoms with Crippen LogP contribution in [0.15, 0.2) is 30.3 Å². The fourth-order valence-electron chi connectivity index (χ4n) is 3.14. The average molecular weight is 330 g/mol. The molecule has 1 aliphatic rings. The van der Waals surface area contributed by atoms with E-state index in [1.165, 1.54) is 11.3 Å². The fourth-order valence-corrected chi connectivity index (χ4v) is 4.20. The maximum atomic E-state index is 12.7. The molecule has 1 saturated carbocycles. The highest BCUT2D eigenvalue weighted by atomic mass is 32.1. The summed E-state index contributed by atoms with van der Waals surface area (Å²) in [6.45, 7) is 2.49. The molecule has 2 unspecified atom stereocenters. The van der Waals surface area contributed by atoms with Crippen LogP contribution in [0.25, 0.3) is 10.6 Å². The summed E-state index contributed by atoms with van der Waals surface area (Å²) in [5.41, 5.74) is 1.81. The van der Waals surface area contributed by atoms with E-state index in [1.54, 1.807) is 4.90 Å². The van der Waals surface area contributed by atoms with Crippen LogP contribution >= 0.6 is 11.3 Å². The molecule has 1 amide bonds. The van der Waals surface area contributed by atoms with Crippen molar-refractivity contribution in [2.45, 2.75) is 32.3 Å². The summed E-state index contributed by atoms with van der Waals surface area (Å²) >= 11 is 1.44. The minimum absolute atomic E-state index is 0.00119. The minimum Gasteiger partial charge on any atom is -0.393 e. The van der Waals surface area contributed by atoms with Crippen LogP contribution in [0.2, 0.25) is 0 Å². The Kier molecular flexibility index (Phi) is 4.78. The SMILES string of the molecule is Cc1nc(-c2ccccc2)sc1C(=O)N(C)CC1CCCC1O. The van der Waals surface area contributed by atoms with E-state index in [2.05, 4.69) is 4.98 Å². The van der Waals surface area contributed by atoms with Crippen molar-refractivity contribution in [3.63, 3.8) is 0 Å². The summed E-state index contributed by atoms with van der Waals surface area (Å²) in [5.74, 6) is 0.201. The van der Waals surface area contributed by atoms with Crippen molar-refractivity contribution in [3.8, 4) is 10.6 Å². The Balaban J connectivity index is 1.75. The van der Waals surface area contributed by atoms with Gasteiger partial charge in [-0.1, -0.05) is 36.8 Å². The van der Waals surface area contributed by atoms with Gasteiger partial charge in [-0.15, -0.1) is 11.3 Å². The van der Waals surface area contributed by atoms with Gasteiger partial charge in [-0.2, -0.15) is 0 Å². The first-order valence-corrected chi connectivity index (χ1v) is 8.84. The molecule has 3 rings (SSSR count). The van der Waals surface area contributed by atoms with Gasteiger partial charge in [0.25, 0.3) is 5.91 Å². The molecule has 1 aliphatic carbocycles. The van der Waals surface area contributed by atoms with Crippen molar-refractivity contribution < 1.29 is 9.90 Å². The topological polar surface area (TPSA) is 53.4 Å². The molecule has 2 atom stereocenters. The maximum Gasteiger partial charge on any atom is 0.265 e. The van der Waals surface area contributed by atoms with E-state index >= 15 is 0 Å². The molecule has 0 saturated heterocycles. The number of benzene rings is 1. The van der Waals surface area contributed by atoms with Gasteiger partial charge in [0.15, 0.2) is 0 Å². The number of nitrogens with zero attached hydrogens (tertiary/aromatic N) is 2. The van der Waals surface area contributed by atoms with Crippen molar-refractivity contribution in [2.24, 2.45) is 5.92 Å². The fraction of sp³-hybridized carbons (Fsp3) is 0.444. The number of carbonyl (C=O) groups excluding carboxylic acids is 1. The molecule has 1 aromatic carbocycles. The molecule has 0 radical (unpaired) electrons. The third-order valence-electron chi connectivity index (χ3n) is 4.49. The number of rotatable bonds is 4. The third kappa shape index (κ3) is 3.46. The van der Waals surface area contributed by atoms with Crippen molar-refractivity contribution >= 4 is 17.2 Å². The van der Waals surface area contributed by atoms with E-state index in [0.29, 0.717) is 11.4 Å². The number of aliphatic hydroxyl groups is 1. The van der Waals surface area contributed by atoms with Crippen LogP contribution in [-0.4, -0.2) is 40.6 Å². The van der Waals surface area contributed by atoms with Gasteiger partial charge in [-0.05, 0) is 19.8 Å². The van der Waals surface area contributed by atoms with Crippen molar-refractivity contribution in [1.29, 1.82) is 0 Å². The predicted octanol–water partition coefficient (Wildman–Crippen LogP) is 3.35. The highest BCUT2D eigenvalue weighted by molar-refractivity contribution is 7.17. The van der Waals surface area contributed by atoms with Gasteiger partial charge in [0, 0.05) is 25.1 Å². The van der Waals surface area contributed by atoms with Gasteiger partial charge in [0.05, 0.1) is 11.8 Å². The van der Waals surface area contributed by atoms with E-state index in [4.69, 9.17) is 0 Å². The summed E-state index contributed by atoms with van der Waals surface area (Å²) in [5, 5.41) is 10.8. The first kappa shape index (κ1) is 16.1. The molecule has 1 aromatic heterocycles. The highest BCUT2D eigenvalue weighted by Gasteiger charge is 2.28. The standard InChI is InChI=1S/C18H22N2O2S/c1-12-16(23-17(19-12)13-7-4-3-5-8-13)18(22)20(2)11-14-9-6-10-15(14)21/h3-5,7-8,14-15,21H,6,9-11H2,1-2H3. The minimum atomic E-state index is -0.271. The lowest BCUT2D eigenvalue weighted by atomic mass is 10.1. The normalized spacial score (nSPS) is 20.7. The Morgan fingerprint density at radius 1 is 1.35 bits per heavy atom. The quantitative estimate of drug-likeness (QED) is 0.935. The predicted molar refractivity (Wildman–Crippen MR) is 92.6 cm³/mol. The molecular formula is C18H22N2O2S.